The van der Waals surface area contributed by atoms with Gasteiger partial charge in [-0.3, -0.25) is 4.79 Å². The first-order valence-electron chi connectivity index (χ1n) is 7.06. The van der Waals surface area contributed by atoms with Crippen molar-refractivity contribution in [2.75, 3.05) is 11.1 Å². The Hall–Kier alpha value is -2.29. The topological polar surface area (TPSA) is 55.1 Å². The van der Waals surface area contributed by atoms with E-state index in [4.69, 9.17) is 5.73 Å². The fourth-order valence-electron chi connectivity index (χ4n) is 2.29. The molecular formula is C18H22N2O. The van der Waals surface area contributed by atoms with Gasteiger partial charge in [-0.1, -0.05) is 39.0 Å². The van der Waals surface area contributed by atoms with Crippen molar-refractivity contribution in [2.24, 2.45) is 0 Å². The highest BCUT2D eigenvalue weighted by molar-refractivity contribution is 6.05. The van der Waals surface area contributed by atoms with Gasteiger partial charge in [-0.15, -0.1) is 0 Å². The average molecular weight is 282 g/mol. The molecule has 0 saturated heterocycles. The molecule has 3 heteroatoms. The quantitative estimate of drug-likeness (QED) is 0.814. The molecule has 21 heavy (non-hydrogen) atoms. The summed E-state index contributed by atoms with van der Waals surface area (Å²) in [6.07, 6.45) is 0. The lowest BCUT2D eigenvalue weighted by atomic mass is 9.83. The van der Waals surface area contributed by atoms with Crippen LogP contribution in [0, 0.1) is 6.92 Å². The van der Waals surface area contributed by atoms with Gasteiger partial charge in [-0.25, -0.2) is 0 Å². The molecule has 2 aromatic rings. The highest BCUT2D eigenvalue weighted by atomic mass is 16.1. The maximum absolute atomic E-state index is 12.5. The van der Waals surface area contributed by atoms with Gasteiger partial charge in [0.05, 0.1) is 0 Å². The van der Waals surface area contributed by atoms with Crippen molar-refractivity contribution in [3.05, 3.63) is 59.2 Å². The summed E-state index contributed by atoms with van der Waals surface area (Å²) in [4.78, 5) is 12.5. The lowest BCUT2D eigenvalue weighted by Gasteiger charge is -2.22. The van der Waals surface area contributed by atoms with Gasteiger partial charge in [0.25, 0.3) is 5.91 Å². The van der Waals surface area contributed by atoms with Gasteiger partial charge in [0.1, 0.15) is 0 Å². The second-order valence-corrected chi connectivity index (χ2v) is 6.32. The van der Waals surface area contributed by atoms with E-state index < -0.39 is 0 Å². The summed E-state index contributed by atoms with van der Waals surface area (Å²) in [6.45, 7) is 8.24. The maximum Gasteiger partial charge on any atom is 0.255 e. The molecule has 3 nitrogen and oxygen atoms in total. The van der Waals surface area contributed by atoms with Crippen LogP contribution in [0.25, 0.3) is 0 Å². The van der Waals surface area contributed by atoms with Crippen LogP contribution in [0.2, 0.25) is 0 Å². The Bertz CT molecular complexity index is 669. The fourth-order valence-corrected chi connectivity index (χ4v) is 2.29. The Morgan fingerprint density at radius 1 is 1.10 bits per heavy atom. The number of amides is 1. The molecule has 0 spiro atoms. The van der Waals surface area contributed by atoms with E-state index >= 15 is 0 Å². The van der Waals surface area contributed by atoms with Crippen LogP contribution in [0.4, 0.5) is 11.4 Å². The molecule has 2 rings (SSSR count). The Balaban J connectivity index is 2.31. The summed E-state index contributed by atoms with van der Waals surface area (Å²) in [5.41, 5.74) is 9.91. The minimum atomic E-state index is -0.0929. The van der Waals surface area contributed by atoms with E-state index in [0.717, 1.165) is 22.5 Å². The molecule has 0 atom stereocenters. The number of nitrogens with one attached hydrogen (secondary N) is 1. The molecule has 0 radical (unpaired) electrons. The van der Waals surface area contributed by atoms with Gasteiger partial charge in [0.2, 0.25) is 0 Å². The number of nitrogen functional groups attached to an aromatic ring is 1. The minimum Gasteiger partial charge on any atom is -0.399 e. The molecule has 0 unspecified atom stereocenters. The van der Waals surface area contributed by atoms with Gasteiger partial charge < -0.3 is 11.1 Å². The second kappa shape index (κ2) is 5.60. The summed E-state index contributed by atoms with van der Waals surface area (Å²) in [5.74, 6) is -0.0929. The van der Waals surface area contributed by atoms with Crippen molar-refractivity contribution in [3.8, 4) is 0 Å². The number of benzene rings is 2. The number of carbonyl (C=O) groups is 1. The standard InChI is InChI=1S/C18H22N2O/c1-12-11-13(9-10-16(12)19)20-17(21)14-7-5-6-8-15(14)18(2,3)4/h5-11H,19H2,1-4H3,(H,20,21). The van der Waals surface area contributed by atoms with Crippen molar-refractivity contribution >= 4 is 17.3 Å². The smallest absolute Gasteiger partial charge is 0.255 e. The van der Waals surface area contributed by atoms with Crippen LogP contribution in [-0.4, -0.2) is 5.91 Å². The monoisotopic (exact) mass is 282 g/mol. The predicted octanol–water partition coefficient (Wildman–Crippen LogP) is 4.13. The molecular weight excluding hydrogens is 260 g/mol. The molecule has 2 aromatic carbocycles. The highest BCUT2D eigenvalue weighted by Gasteiger charge is 2.21. The number of hydrogen-bond acceptors (Lipinski definition) is 2. The van der Waals surface area contributed by atoms with Gasteiger partial charge in [0, 0.05) is 16.9 Å². The van der Waals surface area contributed by atoms with Crippen molar-refractivity contribution in [2.45, 2.75) is 33.1 Å². The third-order valence-electron chi connectivity index (χ3n) is 3.51. The Morgan fingerprint density at radius 3 is 2.38 bits per heavy atom. The first kappa shape index (κ1) is 15.1. The lowest BCUT2D eigenvalue weighted by molar-refractivity contribution is 0.102. The van der Waals surface area contributed by atoms with Crippen LogP contribution in [-0.2, 0) is 5.41 Å². The van der Waals surface area contributed by atoms with Crippen LogP contribution >= 0.6 is 0 Å². The van der Waals surface area contributed by atoms with Gasteiger partial charge in [-0.05, 0) is 47.7 Å². The van der Waals surface area contributed by atoms with E-state index in [0.29, 0.717) is 5.56 Å². The molecule has 0 aliphatic heterocycles. The molecule has 0 aliphatic carbocycles. The summed E-state index contributed by atoms with van der Waals surface area (Å²) in [5, 5.41) is 2.94. The van der Waals surface area contributed by atoms with E-state index in [2.05, 4.69) is 26.1 Å². The van der Waals surface area contributed by atoms with Crippen LogP contribution in [0.5, 0.6) is 0 Å². The van der Waals surface area contributed by atoms with E-state index in [1.54, 1.807) is 6.07 Å². The zero-order valence-corrected chi connectivity index (χ0v) is 13.0. The summed E-state index contributed by atoms with van der Waals surface area (Å²) >= 11 is 0. The normalized spacial score (nSPS) is 11.2. The number of hydrogen-bond donors (Lipinski definition) is 2. The van der Waals surface area contributed by atoms with E-state index in [-0.39, 0.29) is 11.3 Å². The van der Waals surface area contributed by atoms with Crippen LogP contribution < -0.4 is 11.1 Å². The number of anilines is 2. The molecule has 3 N–H and O–H groups in total. The minimum absolute atomic E-state index is 0.0784. The molecule has 110 valence electrons. The van der Waals surface area contributed by atoms with Crippen molar-refractivity contribution in [1.82, 2.24) is 0 Å². The van der Waals surface area contributed by atoms with E-state index in [1.807, 2.05) is 43.3 Å². The third-order valence-corrected chi connectivity index (χ3v) is 3.51. The van der Waals surface area contributed by atoms with E-state index in [1.165, 1.54) is 0 Å². The molecule has 0 aliphatic rings. The number of nitrogens with two attached hydrogens (primary N) is 1. The highest BCUT2D eigenvalue weighted by Crippen LogP contribution is 2.26. The number of rotatable bonds is 2. The molecule has 0 saturated carbocycles. The average Bonchev–Trinajstić information content (AvgIpc) is 2.42. The second-order valence-electron chi connectivity index (χ2n) is 6.32. The van der Waals surface area contributed by atoms with Crippen molar-refractivity contribution in [1.29, 1.82) is 0 Å². The summed E-state index contributed by atoms with van der Waals surface area (Å²) in [6, 6.07) is 13.2. The molecule has 0 bridgehead atoms. The first-order chi connectivity index (χ1) is 9.79. The molecule has 0 fully saturated rings. The van der Waals surface area contributed by atoms with Crippen LogP contribution in [0.1, 0.15) is 42.3 Å². The summed E-state index contributed by atoms with van der Waals surface area (Å²) in [7, 11) is 0. The largest absolute Gasteiger partial charge is 0.399 e. The summed E-state index contributed by atoms with van der Waals surface area (Å²) < 4.78 is 0. The van der Waals surface area contributed by atoms with Gasteiger partial charge in [0.15, 0.2) is 0 Å². The van der Waals surface area contributed by atoms with Crippen molar-refractivity contribution < 1.29 is 4.79 Å². The fraction of sp³-hybridized carbons (Fsp3) is 0.278. The number of aryl methyl sites for hydroxylation is 1. The Kier molecular flexibility index (Phi) is 4.03. The zero-order valence-electron chi connectivity index (χ0n) is 13.0. The molecule has 1 amide bonds. The SMILES string of the molecule is Cc1cc(NC(=O)c2ccccc2C(C)(C)C)ccc1N. The molecule has 0 aromatic heterocycles. The lowest BCUT2D eigenvalue weighted by Crippen LogP contribution is -2.20. The Labute approximate surface area is 126 Å². The van der Waals surface area contributed by atoms with Crippen LogP contribution in [0.15, 0.2) is 42.5 Å². The van der Waals surface area contributed by atoms with Gasteiger partial charge in [-0.2, -0.15) is 0 Å². The molecule has 0 heterocycles. The number of carbonyl (C=O) groups excluding carboxylic acids is 1. The van der Waals surface area contributed by atoms with Gasteiger partial charge >= 0.3 is 0 Å². The van der Waals surface area contributed by atoms with E-state index in [9.17, 15) is 4.79 Å². The van der Waals surface area contributed by atoms with Crippen LogP contribution in [0.3, 0.4) is 0 Å². The zero-order chi connectivity index (χ0) is 15.6. The maximum atomic E-state index is 12.5. The first-order valence-corrected chi connectivity index (χ1v) is 7.06. The predicted molar refractivity (Wildman–Crippen MR) is 88.7 cm³/mol. The Morgan fingerprint density at radius 2 is 1.76 bits per heavy atom. The van der Waals surface area contributed by atoms with Crippen molar-refractivity contribution in [3.63, 3.8) is 0 Å². The third kappa shape index (κ3) is 3.43.